The number of rotatable bonds is 11. The molecule has 1 aromatic heterocycles. The lowest BCUT2D eigenvalue weighted by Gasteiger charge is -2.38. The van der Waals surface area contributed by atoms with Crippen LogP contribution in [0.3, 0.4) is 0 Å². The Balaban J connectivity index is 1.32. The molecular formula is C28H41N3O3S. The van der Waals surface area contributed by atoms with Crippen molar-refractivity contribution in [3.8, 4) is 5.75 Å². The van der Waals surface area contributed by atoms with Crippen LogP contribution in [0.1, 0.15) is 69.4 Å². The molecule has 2 heterocycles. The smallest absolute Gasteiger partial charge is 0.303 e. The van der Waals surface area contributed by atoms with Crippen molar-refractivity contribution in [2.75, 3.05) is 32.5 Å². The average molecular weight is 500 g/mol. The van der Waals surface area contributed by atoms with Crippen molar-refractivity contribution in [1.29, 1.82) is 0 Å². The Morgan fingerprint density at radius 2 is 2.06 bits per heavy atom. The van der Waals surface area contributed by atoms with Crippen LogP contribution in [0.15, 0.2) is 30.5 Å². The van der Waals surface area contributed by atoms with Crippen LogP contribution in [0.4, 0.5) is 0 Å². The van der Waals surface area contributed by atoms with E-state index in [4.69, 9.17) is 10.5 Å². The van der Waals surface area contributed by atoms with E-state index in [2.05, 4.69) is 21.6 Å². The fourth-order valence-electron chi connectivity index (χ4n) is 5.92. The molecule has 0 radical (unpaired) electrons. The quantitative estimate of drug-likeness (QED) is 0.422. The van der Waals surface area contributed by atoms with Gasteiger partial charge in [0.05, 0.1) is 12.6 Å². The van der Waals surface area contributed by atoms with Gasteiger partial charge in [-0.3, -0.25) is 9.78 Å². The second-order valence-electron chi connectivity index (χ2n) is 10.3. The summed E-state index contributed by atoms with van der Waals surface area (Å²) in [6, 6.07) is 7.79. The molecule has 0 amide bonds. The van der Waals surface area contributed by atoms with Crippen LogP contribution >= 0.6 is 11.8 Å². The monoisotopic (exact) mass is 499 g/mol. The van der Waals surface area contributed by atoms with Gasteiger partial charge in [-0.2, -0.15) is 11.8 Å². The summed E-state index contributed by atoms with van der Waals surface area (Å²) < 4.78 is 5.41. The van der Waals surface area contributed by atoms with E-state index in [9.17, 15) is 9.90 Å². The largest absolute Gasteiger partial charge is 0.497 e. The van der Waals surface area contributed by atoms with Crippen LogP contribution < -0.4 is 10.5 Å². The van der Waals surface area contributed by atoms with E-state index in [0.717, 1.165) is 66.4 Å². The summed E-state index contributed by atoms with van der Waals surface area (Å²) in [4.78, 5) is 18.6. The highest BCUT2D eigenvalue weighted by Gasteiger charge is 2.31. The predicted molar refractivity (Wildman–Crippen MR) is 144 cm³/mol. The van der Waals surface area contributed by atoms with Crippen molar-refractivity contribution >= 4 is 28.6 Å². The number of benzene rings is 1. The zero-order chi connectivity index (χ0) is 24.6. The Morgan fingerprint density at radius 3 is 2.83 bits per heavy atom. The molecule has 2 aromatic rings. The third kappa shape index (κ3) is 7.34. The van der Waals surface area contributed by atoms with Crippen LogP contribution in [-0.2, 0) is 4.79 Å². The first-order valence-corrected chi connectivity index (χ1v) is 14.3. The third-order valence-electron chi connectivity index (χ3n) is 7.96. The first kappa shape index (κ1) is 26.2. The Labute approximate surface area is 214 Å². The number of likely N-dealkylation sites (tertiary alicyclic amines) is 1. The average Bonchev–Trinajstić information content (AvgIpc) is 2.87. The minimum absolute atomic E-state index is 0.108. The van der Waals surface area contributed by atoms with Crippen molar-refractivity contribution in [3.63, 3.8) is 0 Å². The summed E-state index contributed by atoms with van der Waals surface area (Å²) in [6.07, 6.45) is 11.8. The molecule has 0 spiro atoms. The second-order valence-corrected chi connectivity index (χ2v) is 11.7. The van der Waals surface area contributed by atoms with E-state index in [1.807, 2.05) is 30.5 Å². The number of thioether (sulfide) groups is 1. The van der Waals surface area contributed by atoms with Crippen molar-refractivity contribution < 1.29 is 14.6 Å². The maximum Gasteiger partial charge on any atom is 0.303 e. The van der Waals surface area contributed by atoms with Crippen LogP contribution in [0, 0.1) is 11.8 Å². The highest BCUT2D eigenvalue weighted by molar-refractivity contribution is 7.99. The first-order chi connectivity index (χ1) is 17.0. The summed E-state index contributed by atoms with van der Waals surface area (Å²) >= 11 is 2.13. The molecule has 1 aromatic carbocycles. The summed E-state index contributed by atoms with van der Waals surface area (Å²) in [6.45, 7) is 3.04. The first-order valence-electron chi connectivity index (χ1n) is 13.3. The molecule has 1 saturated heterocycles. The SMILES string of the molecule is COc1ccc2nccc(C(N)CC[C@@H]3CCN(CCSC4CCCCC4)C[C@@H]3CC(=O)O)c2c1. The molecule has 35 heavy (non-hydrogen) atoms. The molecule has 3 N–H and O–H groups in total. The minimum atomic E-state index is -0.685. The molecule has 1 aliphatic carbocycles. The highest BCUT2D eigenvalue weighted by atomic mass is 32.2. The van der Waals surface area contributed by atoms with Gasteiger partial charge in [0, 0.05) is 48.1 Å². The van der Waals surface area contributed by atoms with Crippen LogP contribution in [0.5, 0.6) is 5.75 Å². The lowest BCUT2D eigenvalue weighted by molar-refractivity contribution is -0.139. The van der Waals surface area contributed by atoms with E-state index in [1.54, 1.807) is 7.11 Å². The normalized spacial score (nSPS) is 22.8. The van der Waals surface area contributed by atoms with Gasteiger partial charge < -0.3 is 20.5 Å². The number of hydrogen-bond donors (Lipinski definition) is 2. The zero-order valence-electron chi connectivity index (χ0n) is 21.0. The molecule has 0 bridgehead atoms. The van der Waals surface area contributed by atoms with Crippen molar-refractivity contribution in [1.82, 2.24) is 9.88 Å². The third-order valence-corrected chi connectivity index (χ3v) is 9.32. The second kappa shape index (κ2) is 12.9. The maximum atomic E-state index is 11.6. The summed E-state index contributed by atoms with van der Waals surface area (Å²) in [5, 5.41) is 11.4. The number of aliphatic carboxylic acids is 1. The van der Waals surface area contributed by atoms with Gasteiger partial charge in [-0.15, -0.1) is 0 Å². The number of fused-ring (bicyclic) bond motifs is 1. The van der Waals surface area contributed by atoms with Gasteiger partial charge in [0.2, 0.25) is 0 Å². The number of piperidine rings is 1. The fraction of sp³-hybridized carbons (Fsp3) is 0.643. The zero-order valence-corrected chi connectivity index (χ0v) is 21.8. The summed E-state index contributed by atoms with van der Waals surface area (Å²) in [5.41, 5.74) is 8.68. The fourth-order valence-corrected chi connectivity index (χ4v) is 7.28. The van der Waals surface area contributed by atoms with Gasteiger partial charge in [-0.1, -0.05) is 19.3 Å². The number of carboxylic acids is 1. The van der Waals surface area contributed by atoms with E-state index < -0.39 is 5.97 Å². The van der Waals surface area contributed by atoms with Crippen molar-refractivity contribution in [2.45, 2.75) is 69.1 Å². The van der Waals surface area contributed by atoms with Gasteiger partial charge in [-0.25, -0.2) is 0 Å². The van der Waals surface area contributed by atoms with Gasteiger partial charge in [0.15, 0.2) is 0 Å². The molecule has 2 aliphatic rings. The van der Waals surface area contributed by atoms with Crippen molar-refractivity contribution in [2.24, 2.45) is 17.6 Å². The van der Waals surface area contributed by atoms with Crippen molar-refractivity contribution in [3.05, 3.63) is 36.0 Å². The lowest BCUT2D eigenvalue weighted by atomic mass is 9.79. The summed E-state index contributed by atoms with van der Waals surface area (Å²) in [7, 11) is 1.67. The molecule has 4 rings (SSSR count). The molecule has 192 valence electrons. The molecule has 6 nitrogen and oxygen atoms in total. The van der Waals surface area contributed by atoms with E-state index >= 15 is 0 Å². The number of pyridine rings is 1. The molecule has 1 aliphatic heterocycles. The van der Waals surface area contributed by atoms with Gasteiger partial charge in [0.25, 0.3) is 0 Å². The van der Waals surface area contributed by atoms with Crippen LogP contribution in [0.2, 0.25) is 0 Å². The Bertz CT molecular complexity index is 966. The molecule has 2 fully saturated rings. The number of carboxylic acid groups (broad SMARTS) is 1. The maximum absolute atomic E-state index is 11.6. The number of nitrogens with zero attached hydrogens (tertiary/aromatic N) is 2. The number of ether oxygens (including phenoxy) is 1. The number of methoxy groups -OCH3 is 1. The van der Waals surface area contributed by atoms with E-state index in [0.29, 0.717) is 5.92 Å². The Morgan fingerprint density at radius 1 is 1.23 bits per heavy atom. The molecule has 3 atom stereocenters. The van der Waals surface area contributed by atoms with Crippen LogP contribution in [0.25, 0.3) is 10.9 Å². The van der Waals surface area contributed by atoms with Gasteiger partial charge in [-0.05, 0) is 80.3 Å². The molecule has 1 saturated carbocycles. The number of aromatic nitrogens is 1. The number of hydrogen-bond acceptors (Lipinski definition) is 6. The predicted octanol–water partition coefficient (Wildman–Crippen LogP) is 5.50. The van der Waals surface area contributed by atoms with E-state index in [-0.39, 0.29) is 18.4 Å². The topological polar surface area (TPSA) is 88.7 Å². The number of carbonyl (C=O) groups is 1. The minimum Gasteiger partial charge on any atom is -0.497 e. The number of nitrogens with two attached hydrogens (primary N) is 1. The van der Waals surface area contributed by atoms with Crippen LogP contribution in [-0.4, -0.2) is 58.7 Å². The van der Waals surface area contributed by atoms with Gasteiger partial charge >= 0.3 is 5.97 Å². The Kier molecular flexibility index (Phi) is 9.69. The molecule has 1 unspecified atom stereocenters. The standard InChI is InChI=1S/C28H41N3O3S/c1-34-22-8-10-27-25(18-22)24(11-13-30-27)26(29)9-7-20-12-14-31(19-21(20)17-28(32)33)15-16-35-23-5-3-2-4-6-23/h8,10-11,13,18,20-21,23,26H,2-7,9,12,14-17,19,29H2,1H3,(H,32,33)/t20-,21+,26?/m1/s1. The Hall–Kier alpha value is -1.83. The molecular weight excluding hydrogens is 458 g/mol. The van der Waals surface area contributed by atoms with Gasteiger partial charge in [0.1, 0.15) is 5.75 Å². The highest BCUT2D eigenvalue weighted by Crippen LogP contribution is 2.34. The van der Waals surface area contributed by atoms with E-state index in [1.165, 1.54) is 37.9 Å². The molecule has 7 heteroatoms. The summed E-state index contributed by atoms with van der Waals surface area (Å²) in [5.74, 6) is 1.88. The lowest BCUT2D eigenvalue weighted by Crippen LogP contribution is -2.42.